The second-order valence-corrected chi connectivity index (χ2v) is 18.6. The molecule has 9 nitrogen and oxygen atoms in total. The summed E-state index contributed by atoms with van der Waals surface area (Å²) < 4.78 is 5.42. The Morgan fingerprint density at radius 2 is 0.597 bits per heavy atom. The van der Waals surface area contributed by atoms with Crippen molar-refractivity contribution < 1.29 is 9.53 Å². The van der Waals surface area contributed by atoms with E-state index in [1.165, 1.54) is 7.11 Å². The highest BCUT2D eigenvalue weighted by Gasteiger charge is 2.30. The first-order chi connectivity index (χ1) is 38.0. The molecule has 0 amide bonds. The number of para-hydroxylation sites is 1. The molecule has 1 aliphatic heterocycles. The highest BCUT2D eigenvalue weighted by atomic mass is 16.5. The smallest absolute Gasteiger partial charge is 0.339 e. The Hall–Kier alpha value is -10.5. The van der Waals surface area contributed by atoms with E-state index in [9.17, 15) is 4.79 Å². The van der Waals surface area contributed by atoms with E-state index in [0.717, 1.165) is 89.3 Å². The SMILES string of the molecule is COC(=O)c1ccccc1N1c2ccc(-c3cccc(-c4nc(-c5ccccc5)nc(-c5ccccc5)n4)c3)cc2-c2ccccc2-c2cc(-c3cccc(-c4nc(-c5ccccc5)nc(-c5ccccc5)n4)c3)ccc21. The third kappa shape index (κ3) is 8.98. The minimum atomic E-state index is -0.430. The fourth-order valence-corrected chi connectivity index (χ4v) is 10.1. The first-order valence-electron chi connectivity index (χ1n) is 25.3. The molecule has 0 N–H and O–H groups in total. The van der Waals surface area contributed by atoms with E-state index in [4.69, 9.17) is 34.6 Å². The van der Waals surface area contributed by atoms with Gasteiger partial charge in [-0.15, -0.1) is 0 Å². The Kier molecular flexibility index (Phi) is 12.1. The fraction of sp³-hybridized carbons (Fsp3) is 0.0147. The average Bonchev–Trinajstić information content (AvgIpc) is 3.68. The molecule has 13 rings (SSSR count). The zero-order chi connectivity index (χ0) is 51.7. The average molecular weight is 992 g/mol. The van der Waals surface area contributed by atoms with E-state index >= 15 is 0 Å². The molecule has 0 saturated heterocycles. The van der Waals surface area contributed by atoms with Gasteiger partial charge in [-0.05, 0) is 81.9 Å². The van der Waals surface area contributed by atoms with Crippen molar-refractivity contribution in [2.75, 3.05) is 12.0 Å². The van der Waals surface area contributed by atoms with Crippen LogP contribution in [0.1, 0.15) is 10.4 Å². The first-order valence-corrected chi connectivity index (χ1v) is 25.3. The quantitative estimate of drug-likeness (QED) is 0.124. The van der Waals surface area contributed by atoms with Gasteiger partial charge in [-0.1, -0.05) is 206 Å². The van der Waals surface area contributed by atoms with E-state index in [2.05, 4.69) is 102 Å². The van der Waals surface area contributed by atoms with Gasteiger partial charge in [0.1, 0.15) is 0 Å². The topological polar surface area (TPSA) is 107 Å². The van der Waals surface area contributed by atoms with Crippen LogP contribution in [0.3, 0.4) is 0 Å². The van der Waals surface area contributed by atoms with Gasteiger partial charge in [-0.25, -0.2) is 34.7 Å². The van der Waals surface area contributed by atoms with Gasteiger partial charge in [0, 0.05) is 44.5 Å². The Labute approximate surface area is 445 Å². The molecule has 2 aromatic heterocycles. The maximum absolute atomic E-state index is 13.7. The number of ether oxygens (including phenoxy) is 1. The number of aromatic nitrogens is 6. The van der Waals surface area contributed by atoms with E-state index < -0.39 is 5.97 Å². The number of esters is 1. The third-order valence-corrected chi connectivity index (χ3v) is 13.8. The molecule has 0 atom stereocenters. The van der Waals surface area contributed by atoms with Crippen LogP contribution in [0, 0.1) is 0 Å². The summed E-state index contributed by atoms with van der Waals surface area (Å²) in [6.07, 6.45) is 0. The lowest BCUT2D eigenvalue weighted by Gasteiger charge is -2.29. The van der Waals surface area contributed by atoms with Crippen molar-refractivity contribution in [3.05, 3.63) is 260 Å². The van der Waals surface area contributed by atoms with Crippen LogP contribution in [0.25, 0.3) is 113 Å². The van der Waals surface area contributed by atoms with Crippen LogP contribution in [0.15, 0.2) is 255 Å². The van der Waals surface area contributed by atoms with Crippen molar-refractivity contribution in [3.63, 3.8) is 0 Å². The Morgan fingerprint density at radius 3 is 0.987 bits per heavy atom. The molecule has 0 saturated carbocycles. The maximum atomic E-state index is 13.7. The maximum Gasteiger partial charge on any atom is 0.339 e. The molecule has 1 aliphatic rings. The molecule has 0 spiro atoms. The standard InChI is InChI=1S/C68H45N7O2/c1-77-68(76)56-34-16-17-35-59(56)75-60-38-36-50(48-28-18-30-52(40-48)66-71-62(44-20-6-2-7-21-44)69-63(72-66)45-22-8-3-9-23-45)42-57(60)54-32-14-15-33-55(54)58-43-51(37-39-61(58)75)49-29-19-31-53(41-49)67-73-64(46-24-10-4-11-25-46)70-65(74-67)47-26-12-5-13-27-47/h2-43H,1H3. The minimum Gasteiger partial charge on any atom is -0.465 e. The van der Waals surface area contributed by atoms with E-state index in [1.807, 2.05) is 158 Å². The zero-order valence-electron chi connectivity index (χ0n) is 41.7. The van der Waals surface area contributed by atoms with E-state index in [0.29, 0.717) is 46.2 Å². The van der Waals surface area contributed by atoms with Crippen LogP contribution >= 0.6 is 0 Å². The van der Waals surface area contributed by atoms with Crippen molar-refractivity contribution in [2.24, 2.45) is 0 Å². The molecule has 9 heteroatoms. The number of benzene rings is 10. The molecule has 0 bridgehead atoms. The molecule has 77 heavy (non-hydrogen) atoms. The van der Waals surface area contributed by atoms with Gasteiger partial charge < -0.3 is 9.64 Å². The lowest BCUT2D eigenvalue weighted by molar-refractivity contribution is 0.0601. The third-order valence-electron chi connectivity index (χ3n) is 13.8. The lowest BCUT2D eigenvalue weighted by Crippen LogP contribution is -2.15. The first kappa shape index (κ1) is 46.3. The van der Waals surface area contributed by atoms with Gasteiger partial charge in [0.2, 0.25) is 0 Å². The molecule has 3 heterocycles. The largest absolute Gasteiger partial charge is 0.465 e. The van der Waals surface area contributed by atoms with Crippen molar-refractivity contribution >= 4 is 23.0 Å². The van der Waals surface area contributed by atoms with Crippen LogP contribution in [0.4, 0.5) is 17.1 Å². The van der Waals surface area contributed by atoms with Gasteiger partial charge in [0.25, 0.3) is 0 Å². The molecular formula is C68H45N7O2. The summed E-state index contributed by atoms with van der Waals surface area (Å²) in [5.74, 6) is 3.11. The number of rotatable bonds is 10. The number of anilines is 3. The molecule has 12 aromatic rings. The summed E-state index contributed by atoms with van der Waals surface area (Å²) in [5.41, 5.74) is 16.3. The Morgan fingerprint density at radius 1 is 0.286 bits per heavy atom. The van der Waals surface area contributed by atoms with Crippen LogP contribution in [0.2, 0.25) is 0 Å². The summed E-state index contributed by atoms with van der Waals surface area (Å²) in [5, 5.41) is 0. The molecule has 0 radical (unpaired) electrons. The van der Waals surface area contributed by atoms with Crippen molar-refractivity contribution in [1.29, 1.82) is 0 Å². The number of nitrogens with zero attached hydrogens (tertiary/aromatic N) is 7. The Bertz CT molecular complexity index is 3820. The van der Waals surface area contributed by atoms with Crippen LogP contribution < -0.4 is 4.90 Å². The molecule has 0 aliphatic carbocycles. The number of carbonyl (C=O) groups is 1. The van der Waals surface area contributed by atoms with Gasteiger partial charge in [-0.2, -0.15) is 0 Å². The van der Waals surface area contributed by atoms with Crippen LogP contribution in [-0.2, 0) is 4.74 Å². The summed E-state index contributed by atoms with van der Waals surface area (Å²) in [6, 6.07) is 86.0. The molecule has 0 fully saturated rings. The van der Waals surface area contributed by atoms with E-state index in [-0.39, 0.29) is 0 Å². The summed E-state index contributed by atoms with van der Waals surface area (Å²) in [6.45, 7) is 0. The predicted molar refractivity (Wildman–Crippen MR) is 307 cm³/mol. The second kappa shape index (κ2) is 20.1. The normalized spacial score (nSPS) is 11.5. The van der Waals surface area contributed by atoms with Crippen molar-refractivity contribution in [1.82, 2.24) is 29.9 Å². The predicted octanol–water partition coefficient (Wildman–Crippen LogP) is 16.3. The molecular weight excluding hydrogens is 947 g/mol. The summed E-state index contributed by atoms with van der Waals surface area (Å²) in [7, 11) is 1.42. The monoisotopic (exact) mass is 991 g/mol. The Balaban J connectivity index is 0.947. The van der Waals surface area contributed by atoms with Crippen LogP contribution in [-0.4, -0.2) is 43.0 Å². The number of fused-ring (bicyclic) bond motifs is 5. The van der Waals surface area contributed by atoms with Crippen LogP contribution in [0.5, 0.6) is 0 Å². The number of methoxy groups -OCH3 is 1. The van der Waals surface area contributed by atoms with Crippen molar-refractivity contribution in [2.45, 2.75) is 0 Å². The number of hydrogen-bond acceptors (Lipinski definition) is 9. The highest BCUT2D eigenvalue weighted by Crippen LogP contribution is 2.53. The zero-order valence-corrected chi connectivity index (χ0v) is 41.7. The molecule has 364 valence electrons. The lowest BCUT2D eigenvalue weighted by atomic mass is 9.91. The summed E-state index contributed by atoms with van der Waals surface area (Å²) in [4.78, 5) is 45.9. The van der Waals surface area contributed by atoms with Gasteiger partial charge in [0.05, 0.1) is 29.7 Å². The molecule has 10 aromatic carbocycles. The second-order valence-electron chi connectivity index (χ2n) is 18.6. The molecule has 0 unspecified atom stereocenters. The van der Waals surface area contributed by atoms with Gasteiger partial charge >= 0.3 is 5.97 Å². The highest BCUT2D eigenvalue weighted by molar-refractivity contribution is 6.07. The van der Waals surface area contributed by atoms with Gasteiger partial charge in [-0.3, -0.25) is 0 Å². The fourth-order valence-electron chi connectivity index (χ4n) is 10.1. The summed E-state index contributed by atoms with van der Waals surface area (Å²) >= 11 is 0. The number of carbonyl (C=O) groups excluding carboxylic acids is 1. The van der Waals surface area contributed by atoms with Crippen molar-refractivity contribution in [3.8, 4) is 113 Å². The number of hydrogen-bond donors (Lipinski definition) is 0. The van der Waals surface area contributed by atoms with Gasteiger partial charge in [0.15, 0.2) is 34.9 Å². The minimum absolute atomic E-state index is 0.430. The van der Waals surface area contributed by atoms with E-state index in [1.54, 1.807) is 0 Å².